The maximum absolute atomic E-state index is 12.9. The van der Waals surface area contributed by atoms with Gasteiger partial charge in [0.25, 0.3) is 0 Å². The number of hydrogen-bond donors (Lipinski definition) is 1. The van der Waals surface area contributed by atoms with Crippen molar-refractivity contribution in [1.29, 1.82) is 0 Å². The Balaban J connectivity index is 1.39. The number of likely N-dealkylation sites (tertiary alicyclic amines) is 1. The number of rotatable bonds is 7. The number of hydrogen-bond acceptors (Lipinski definition) is 3. The van der Waals surface area contributed by atoms with Crippen LogP contribution in [0.1, 0.15) is 44.9 Å². The lowest BCUT2D eigenvalue weighted by Gasteiger charge is -2.35. The summed E-state index contributed by atoms with van der Waals surface area (Å²) in [5.74, 6) is 0.890. The van der Waals surface area contributed by atoms with Gasteiger partial charge in [-0.2, -0.15) is 0 Å². The molecule has 5 nitrogen and oxygen atoms in total. The van der Waals surface area contributed by atoms with E-state index in [0.717, 1.165) is 6.54 Å². The number of amides is 2. The van der Waals surface area contributed by atoms with E-state index in [1.807, 2.05) is 4.90 Å². The van der Waals surface area contributed by atoms with Crippen LogP contribution in [0, 0.1) is 17.7 Å². The first kappa shape index (κ1) is 19.6. The quantitative estimate of drug-likeness (QED) is 0.744. The number of carbonyl (C=O) groups excluding carboxylic acids is 2. The van der Waals surface area contributed by atoms with Crippen LogP contribution in [0.3, 0.4) is 0 Å². The second kappa shape index (κ2) is 9.72. The lowest BCUT2D eigenvalue weighted by Crippen LogP contribution is -2.47. The van der Waals surface area contributed by atoms with Crippen LogP contribution in [0.4, 0.5) is 4.39 Å². The fourth-order valence-corrected chi connectivity index (χ4v) is 4.00. The normalized spacial score (nSPS) is 21.1. The van der Waals surface area contributed by atoms with Gasteiger partial charge in [-0.25, -0.2) is 4.39 Å². The van der Waals surface area contributed by atoms with Crippen molar-refractivity contribution in [3.05, 3.63) is 30.1 Å². The molecular weight excluding hydrogens is 347 g/mol. The van der Waals surface area contributed by atoms with E-state index in [9.17, 15) is 14.0 Å². The molecule has 3 rings (SSSR count). The van der Waals surface area contributed by atoms with E-state index in [1.165, 1.54) is 44.2 Å². The van der Waals surface area contributed by atoms with Crippen LogP contribution in [0.15, 0.2) is 24.3 Å². The fraction of sp³-hybridized carbons (Fsp3) is 0.619. The third kappa shape index (κ3) is 5.94. The van der Waals surface area contributed by atoms with Gasteiger partial charge in [-0.1, -0.05) is 19.3 Å². The molecule has 27 heavy (non-hydrogen) atoms. The predicted molar refractivity (Wildman–Crippen MR) is 101 cm³/mol. The summed E-state index contributed by atoms with van der Waals surface area (Å²) in [6.07, 6.45) is 7.27. The Morgan fingerprint density at radius 3 is 2.63 bits per heavy atom. The average molecular weight is 376 g/mol. The zero-order chi connectivity index (χ0) is 19.1. The Kier molecular flexibility index (Phi) is 7.07. The summed E-state index contributed by atoms with van der Waals surface area (Å²) in [6, 6.07) is 5.81. The molecule has 1 aromatic carbocycles. The summed E-state index contributed by atoms with van der Waals surface area (Å²) in [6.45, 7) is 2.05. The lowest BCUT2D eigenvalue weighted by atomic mass is 9.87. The summed E-state index contributed by atoms with van der Waals surface area (Å²) in [4.78, 5) is 26.6. The first-order valence-electron chi connectivity index (χ1n) is 10.1. The summed E-state index contributed by atoms with van der Waals surface area (Å²) in [7, 11) is 0. The van der Waals surface area contributed by atoms with Crippen molar-refractivity contribution in [2.24, 2.45) is 11.8 Å². The highest BCUT2D eigenvalue weighted by atomic mass is 19.1. The summed E-state index contributed by atoms with van der Waals surface area (Å²) in [5.41, 5.74) is 0. The predicted octanol–water partition coefficient (Wildman–Crippen LogP) is 3.14. The molecule has 0 spiro atoms. The Bertz CT molecular complexity index is 629. The molecule has 1 aliphatic carbocycles. The number of piperidine rings is 1. The van der Waals surface area contributed by atoms with Crippen molar-refractivity contribution in [2.75, 3.05) is 26.2 Å². The molecule has 2 aliphatic rings. The highest BCUT2D eigenvalue weighted by Crippen LogP contribution is 2.27. The van der Waals surface area contributed by atoms with E-state index in [-0.39, 0.29) is 23.5 Å². The van der Waals surface area contributed by atoms with Crippen LogP contribution >= 0.6 is 0 Å². The number of ether oxygens (including phenoxy) is 1. The Hall–Kier alpha value is -2.11. The topological polar surface area (TPSA) is 58.6 Å². The molecule has 1 saturated carbocycles. The summed E-state index contributed by atoms with van der Waals surface area (Å²) < 4.78 is 18.3. The van der Waals surface area contributed by atoms with Crippen molar-refractivity contribution >= 4 is 11.8 Å². The van der Waals surface area contributed by atoms with Crippen LogP contribution in [-0.2, 0) is 9.59 Å². The van der Waals surface area contributed by atoms with E-state index in [0.29, 0.717) is 44.2 Å². The number of halogens is 1. The fourth-order valence-electron chi connectivity index (χ4n) is 4.00. The highest BCUT2D eigenvalue weighted by Gasteiger charge is 2.31. The van der Waals surface area contributed by atoms with Gasteiger partial charge in [0, 0.05) is 19.5 Å². The van der Waals surface area contributed by atoms with Crippen LogP contribution in [0.25, 0.3) is 0 Å². The van der Waals surface area contributed by atoms with E-state index in [1.54, 1.807) is 12.1 Å². The third-order valence-electron chi connectivity index (χ3n) is 5.56. The Labute approximate surface area is 160 Å². The second-order valence-electron chi connectivity index (χ2n) is 7.63. The van der Waals surface area contributed by atoms with Crippen LogP contribution in [0.2, 0.25) is 0 Å². The Morgan fingerprint density at radius 1 is 1.15 bits per heavy atom. The largest absolute Gasteiger partial charge is 0.492 e. The molecule has 1 atom stereocenters. The van der Waals surface area contributed by atoms with E-state index >= 15 is 0 Å². The van der Waals surface area contributed by atoms with E-state index in [2.05, 4.69) is 5.32 Å². The van der Waals surface area contributed by atoms with Crippen LogP contribution in [-0.4, -0.2) is 43.0 Å². The number of nitrogens with zero attached hydrogens (tertiary/aromatic N) is 1. The molecule has 1 aliphatic heterocycles. The van der Waals surface area contributed by atoms with Gasteiger partial charge in [0.15, 0.2) is 0 Å². The van der Waals surface area contributed by atoms with Gasteiger partial charge in [-0.05, 0) is 49.4 Å². The van der Waals surface area contributed by atoms with E-state index in [4.69, 9.17) is 4.74 Å². The van der Waals surface area contributed by atoms with Gasteiger partial charge < -0.3 is 15.0 Å². The van der Waals surface area contributed by atoms with Crippen molar-refractivity contribution in [3.8, 4) is 5.75 Å². The molecule has 1 saturated heterocycles. The SMILES string of the molecule is O=C(NCCOc1ccc(F)cc1)[C@@H]1CCC(=O)N(CC2CCCCC2)C1. The Morgan fingerprint density at radius 2 is 1.89 bits per heavy atom. The second-order valence-corrected chi connectivity index (χ2v) is 7.63. The van der Waals surface area contributed by atoms with Crippen molar-refractivity contribution < 1.29 is 18.7 Å². The smallest absolute Gasteiger partial charge is 0.225 e. The molecule has 1 N–H and O–H groups in total. The number of carbonyl (C=O) groups is 2. The van der Waals surface area contributed by atoms with Gasteiger partial charge in [-0.15, -0.1) is 0 Å². The van der Waals surface area contributed by atoms with E-state index < -0.39 is 0 Å². The molecule has 0 bridgehead atoms. The van der Waals surface area contributed by atoms with Crippen LogP contribution in [0.5, 0.6) is 5.75 Å². The molecule has 0 aromatic heterocycles. The monoisotopic (exact) mass is 376 g/mol. The lowest BCUT2D eigenvalue weighted by molar-refractivity contribution is -0.139. The molecule has 0 radical (unpaired) electrons. The molecule has 2 fully saturated rings. The molecule has 2 amide bonds. The molecular formula is C21H29FN2O3. The van der Waals surface area contributed by atoms with Gasteiger partial charge >= 0.3 is 0 Å². The van der Waals surface area contributed by atoms with Gasteiger partial charge in [0.2, 0.25) is 11.8 Å². The average Bonchev–Trinajstić information content (AvgIpc) is 2.69. The van der Waals surface area contributed by atoms with Crippen LogP contribution < -0.4 is 10.1 Å². The number of nitrogens with one attached hydrogen (secondary N) is 1. The molecule has 6 heteroatoms. The molecule has 148 valence electrons. The van der Waals surface area contributed by atoms with Gasteiger partial charge in [-0.3, -0.25) is 9.59 Å². The summed E-state index contributed by atoms with van der Waals surface area (Å²) >= 11 is 0. The minimum atomic E-state index is -0.305. The molecule has 0 unspecified atom stereocenters. The highest BCUT2D eigenvalue weighted by molar-refractivity contribution is 5.83. The minimum absolute atomic E-state index is 0.0150. The van der Waals surface area contributed by atoms with Gasteiger partial charge in [0.05, 0.1) is 12.5 Å². The third-order valence-corrected chi connectivity index (χ3v) is 5.56. The first-order chi connectivity index (χ1) is 13.1. The van der Waals surface area contributed by atoms with Crippen molar-refractivity contribution in [3.63, 3.8) is 0 Å². The number of benzene rings is 1. The standard InChI is InChI=1S/C21H29FN2O3/c22-18-7-9-19(10-8-18)27-13-12-23-21(26)17-6-11-20(25)24(15-17)14-16-4-2-1-3-5-16/h7-10,16-17H,1-6,11-15H2,(H,23,26)/t17-/m1/s1. The molecule has 1 aromatic rings. The maximum Gasteiger partial charge on any atom is 0.225 e. The van der Waals surface area contributed by atoms with Gasteiger partial charge in [0.1, 0.15) is 18.2 Å². The maximum atomic E-state index is 12.9. The molecule has 1 heterocycles. The first-order valence-corrected chi connectivity index (χ1v) is 10.1. The van der Waals surface area contributed by atoms with Crippen molar-refractivity contribution in [1.82, 2.24) is 10.2 Å². The zero-order valence-electron chi connectivity index (χ0n) is 15.8. The van der Waals surface area contributed by atoms with Crippen molar-refractivity contribution in [2.45, 2.75) is 44.9 Å². The minimum Gasteiger partial charge on any atom is -0.492 e. The zero-order valence-corrected chi connectivity index (χ0v) is 15.8. The summed E-state index contributed by atoms with van der Waals surface area (Å²) in [5, 5.41) is 2.90.